The van der Waals surface area contributed by atoms with Crippen LogP contribution in [0.25, 0.3) is 16.9 Å². The molecule has 0 aliphatic heterocycles. The molecule has 0 fully saturated rings. The van der Waals surface area contributed by atoms with Crippen molar-refractivity contribution in [2.45, 2.75) is 36.5 Å². The lowest BCUT2D eigenvalue weighted by Crippen LogP contribution is -2.33. The van der Waals surface area contributed by atoms with Gasteiger partial charge in [0.25, 0.3) is 0 Å². The number of aliphatic carboxylic acids is 1. The molecule has 0 amide bonds. The van der Waals surface area contributed by atoms with Crippen LogP contribution >= 0.6 is 11.8 Å². The van der Waals surface area contributed by atoms with Crippen molar-refractivity contribution in [3.05, 3.63) is 30.6 Å². The molecule has 0 aliphatic rings. The minimum absolute atomic E-state index is 0.469. The summed E-state index contributed by atoms with van der Waals surface area (Å²) in [5.41, 5.74) is 1.75. The van der Waals surface area contributed by atoms with Crippen LogP contribution in [-0.4, -0.2) is 43.3 Å². The fourth-order valence-electron chi connectivity index (χ4n) is 2.46. The molecule has 0 aliphatic carbocycles. The maximum Gasteiger partial charge on any atom is 0.187 e. The Balaban J connectivity index is 1.93. The third-order valence-electron chi connectivity index (χ3n) is 3.86. The monoisotopic (exact) mass is 372 g/mol. The van der Waals surface area contributed by atoms with Gasteiger partial charge >= 0.3 is 0 Å². The van der Waals surface area contributed by atoms with Gasteiger partial charge in [0.15, 0.2) is 11.2 Å². The predicted octanol–water partition coefficient (Wildman–Crippen LogP) is 1.62. The summed E-state index contributed by atoms with van der Waals surface area (Å²) in [6, 6.07) is 7.31. The number of thioether (sulfide) groups is 1. The Bertz CT molecular complexity index is 897. The summed E-state index contributed by atoms with van der Waals surface area (Å²) in [5, 5.41) is 19.5. The zero-order valence-corrected chi connectivity index (χ0v) is 15.3. The molecule has 0 saturated carbocycles. The number of aromatic nitrogens is 5. The number of carboxylic acids is 1. The first-order valence-corrected chi connectivity index (χ1v) is 9.10. The van der Waals surface area contributed by atoms with Crippen molar-refractivity contribution in [3.8, 4) is 11.4 Å². The molecule has 3 rings (SSSR count). The lowest BCUT2D eigenvalue weighted by atomic mass is 10.2. The maximum atomic E-state index is 11.4. The van der Waals surface area contributed by atoms with Crippen LogP contribution < -0.4 is 9.84 Å². The van der Waals surface area contributed by atoms with Crippen molar-refractivity contribution in [3.63, 3.8) is 0 Å². The van der Waals surface area contributed by atoms with Crippen LogP contribution in [0.2, 0.25) is 0 Å². The van der Waals surface area contributed by atoms with Gasteiger partial charge < -0.3 is 14.6 Å². The van der Waals surface area contributed by atoms with Crippen LogP contribution in [0.3, 0.4) is 0 Å². The zero-order valence-electron chi connectivity index (χ0n) is 14.5. The Kier molecular flexibility index (Phi) is 5.67. The van der Waals surface area contributed by atoms with E-state index >= 15 is 0 Å². The van der Waals surface area contributed by atoms with E-state index in [1.54, 1.807) is 11.8 Å². The van der Waals surface area contributed by atoms with E-state index in [4.69, 9.17) is 4.74 Å². The molecule has 0 bridgehead atoms. The van der Waals surface area contributed by atoms with E-state index < -0.39 is 11.2 Å². The Morgan fingerprint density at radius 1 is 1.31 bits per heavy atom. The highest BCUT2D eigenvalue weighted by atomic mass is 32.2. The van der Waals surface area contributed by atoms with Crippen LogP contribution in [0.4, 0.5) is 0 Å². The highest BCUT2D eigenvalue weighted by Crippen LogP contribution is 2.29. The molecular weight excluding hydrogens is 354 g/mol. The van der Waals surface area contributed by atoms with E-state index in [1.807, 2.05) is 31.2 Å². The third kappa shape index (κ3) is 3.77. The molecule has 0 radical (unpaired) electrons. The number of benzene rings is 1. The van der Waals surface area contributed by atoms with Crippen LogP contribution in [0, 0.1) is 0 Å². The van der Waals surface area contributed by atoms with Crippen molar-refractivity contribution in [1.29, 1.82) is 0 Å². The van der Waals surface area contributed by atoms with Gasteiger partial charge in [-0.05, 0) is 30.7 Å². The summed E-state index contributed by atoms with van der Waals surface area (Å²) in [7, 11) is 1.60. The van der Waals surface area contributed by atoms with Gasteiger partial charge in [0, 0.05) is 0 Å². The highest BCUT2D eigenvalue weighted by Gasteiger charge is 2.18. The molecule has 1 atom stereocenters. The van der Waals surface area contributed by atoms with E-state index in [9.17, 15) is 9.90 Å². The maximum absolute atomic E-state index is 11.4. The smallest absolute Gasteiger partial charge is 0.187 e. The van der Waals surface area contributed by atoms with E-state index in [0.717, 1.165) is 36.0 Å². The molecule has 0 unspecified atom stereocenters. The minimum atomic E-state index is -1.10. The fourth-order valence-corrected chi connectivity index (χ4v) is 3.46. The molecule has 0 N–H and O–H groups in total. The molecule has 3 aromatic rings. The molecule has 26 heavy (non-hydrogen) atoms. The number of carbonyl (C=O) groups is 1. The lowest BCUT2D eigenvalue weighted by Gasteiger charge is -2.16. The number of carbonyl (C=O) groups excluding carboxylic acids is 1. The van der Waals surface area contributed by atoms with Gasteiger partial charge in [-0.2, -0.15) is 4.68 Å². The summed E-state index contributed by atoms with van der Waals surface area (Å²) in [5.74, 6) is -0.366. The normalized spacial score (nSPS) is 12.2. The number of nitrogens with zero attached hydrogens (tertiary/aromatic N) is 5. The summed E-state index contributed by atoms with van der Waals surface area (Å²) in [4.78, 5) is 19.9. The number of hydrogen-bond donors (Lipinski definition) is 0. The number of methoxy groups -OCH3 is 1. The summed E-state index contributed by atoms with van der Waals surface area (Å²) in [6.07, 6.45) is 3.62. The fraction of sp³-hybridized carbons (Fsp3) is 0.353. The summed E-state index contributed by atoms with van der Waals surface area (Å²) >= 11 is 1.13. The average Bonchev–Trinajstić information content (AvgIpc) is 3.10. The number of ether oxygens (including phenoxy) is 1. The lowest BCUT2D eigenvalue weighted by molar-refractivity contribution is -0.304. The molecule has 0 saturated heterocycles. The number of fused-ring (bicyclic) bond motifs is 1. The summed E-state index contributed by atoms with van der Waals surface area (Å²) < 4.78 is 6.74. The van der Waals surface area contributed by atoms with Gasteiger partial charge in [-0.25, -0.2) is 9.97 Å². The van der Waals surface area contributed by atoms with Gasteiger partial charge in [-0.1, -0.05) is 36.7 Å². The van der Waals surface area contributed by atoms with Gasteiger partial charge in [0.1, 0.15) is 17.1 Å². The Morgan fingerprint density at radius 3 is 2.73 bits per heavy atom. The first-order valence-electron chi connectivity index (χ1n) is 8.22. The van der Waals surface area contributed by atoms with Crippen LogP contribution in [0.1, 0.15) is 26.2 Å². The summed E-state index contributed by atoms with van der Waals surface area (Å²) in [6.45, 7) is 2.01. The zero-order chi connectivity index (χ0) is 18.5. The molecule has 2 heterocycles. The number of carboxylic acid groups (broad SMARTS) is 1. The Labute approximate surface area is 154 Å². The van der Waals surface area contributed by atoms with E-state index in [2.05, 4.69) is 20.3 Å². The molecule has 9 heteroatoms. The topological polar surface area (TPSA) is 106 Å². The van der Waals surface area contributed by atoms with Crippen LogP contribution in [-0.2, 0) is 4.79 Å². The number of unbranched alkanes of at least 4 members (excludes halogenated alkanes) is 1. The van der Waals surface area contributed by atoms with Gasteiger partial charge in [0.05, 0.1) is 24.0 Å². The van der Waals surface area contributed by atoms with Gasteiger partial charge in [-0.3, -0.25) is 0 Å². The third-order valence-corrected chi connectivity index (χ3v) is 5.09. The molecule has 8 nitrogen and oxygen atoms in total. The predicted molar refractivity (Wildman–Crippen MR) is 95.2 cm³/mol. The van der Waals surface area contributed by atoms with Crippen LogP contribution in [0.5, 0.6) is 5.75 Å². The van der Waals surface area contributed by atoms with Gasteiger partial charge in [0.2, 0.25) is 0 Å². The Morgan fingerprint density at radius 2 is 2.08 bits per heavy atom. The average molecular weight is 372 g/mol. The van der Waals surface area contributed by atoms with E-state index in [0.29, 0.717) is 22.6 Å². The molecule has 136 valence electrons. The van der Waals surface area contributed by atoms with E-state index in [1.165, 1.54) is 6.33 Å². The largest absolute Gasteiger partial charge is 0.549 e. The second-order valence-electron chi connectivity index (χ2n) is 5.62. The molecular formula is C17H18N5O3S-. The van der Waals surface area contributed by atoms with Crippen molar-refractivity contribution in [1.82, 2.24) is 25.0 Å². The molecule has 2 aromatic heterocycles. The SMILES string of the molecule is CCCC[C@H](Sc1ncnc2c1nnn2-c1ccc(OC)cc1)C(=O)[O-]. The second-order valence-corrected chi connectivity index (χ2v) is 6.81. The molecule has 1 aromatic carbocycles. The van der Waals surface area contributed by atoms with Crippen molar-refractivity contribution >= 4 is 28.9 Å². The Hall–Kier alpha value is -2.68. The number of rotatable bonds is 8. The standard InChI is InChI=1S/C17H19N5O3S/c1-3-4-5-13(17(23)24)26-16-14-15(18-10-19-16)22(21-20-14)11-6-8-12(25-2)9-7-11/h6-10,13H,3-5H2,1-2H3,(H,23,24)/p-1/t13-/m0/s1. The first kappa shape index (κ1) is 18.1. The van der Waals surface area contributed by atoms with Gasteiger partial charge in [-0.15, -0.1) is 5.10 Å². The van der Waals surface area contributed by atoms with Crippen molar-refractivity contribution in [2.24, 2.45) is 0 Å². The highest BCUT2D eigenvalue weighted by molar-refractivity contribution is 8.00. The second kappa shape index (κ2) is 8.13. The number of hydrogen-bond acceptors (Lipinski definition) is 8. The van der Waals surface area contributed by atoms with E-state index in [-0.39, 0.29) is 0 Å². The molecule has 0 spiro atoms. The first-order chi connectivity index (χ1) is 12.6. The van der Waals surface area contributed by atoms with Crippen LogP contribution in [0.15, 0.2) is 35.6 Å². The van der Waals surface area contributed by atoms with Crippen molar-refractivity contribution < 1.29 is 14.6 Å². The van der Waals surface area contributed by atoms with Crippen molar-refractivity contribution in [2.75, 3.05) is 7.11 Å². The quantitative estimate of drug-likeness (QED) is 0.434. The minimum Gasteiger partial charge on any atom is -0.549 e.